The molecular formula is C6H11NO3. The monoisotopic (exact) mass is 145 g/mol. The molecule has 0 unspecified atom stereocenters. The van der Waals surface area contributed by atoms with Crippen LogP contribution in [-0.4, -0.2) is 22.5 Å². The van der Waals surface area contributed by atoms with Gasteiger partial charge in [-0.25, -0.2) is 4.79 Å². The molecule has 0 atom stereocenters. The lowest BCUT2D eigenvalue weighted by Gasteiger charge is -2.19. The number of carboxylic acid groups (broad SMARTS) is 1. The van der Waals surface area contributed by atoms with E-state index in [0.717, 1.165) is 0 Å². The molecule has 0 aromatic rings. The summed E-state index contributed by atoms with van der Waals surface area (Å²) in [6, 6.07) is 0. The van der Waals surface area contributed by atoms with Crippen LogP contribution >= 0.6 is 0 Å². The van der Waals surface area contributed by atoms with Crippen molar-refractivity contribution >= 4 is 11.9 Å². The lowest BCUT2D eigenvalue weighted by atomic mass is 10.1. The fourth-order valence-electron chi connectivity index (χ4n) is 0.494. The van der Waals surface area contributed by atoms with E-state index in [0.29, 0.717) is 0 Å². The number of hydrogen-bond donors (Lipinski definition) is 2. The van der Waals surface area contributed by atoms with E-state index in [1.807, 2.05) is 0 Å². The van der Waals surface area contributed by atoms with Crippen molar-refractivity contribution in [3.63, 3.8) is 0 Å². The van der Waals surface area contributed by atoms with Crippen molar-refractivity contribution in [2.75, 3.05) is 0 Å². The largest absolute Gasteiger partial charge is 0.480 e. The Morgan fingerprint density at radius 3 is 1.90 bits per heavy atom. The number of amides is 1. The van der Waals surface area contributed by atoms with E-state index in [9.17, 15) is 9.59 Å². The summed E-state index contributed by atoms with van der Waals surface area (Å²) in [6.07, 6.45) is 0. The molecule has 0 radical (unpaired) electrons. The Bertz CT molecular complexity index is 162. The molecule has 10 heavy (non-hydrogen) atoms. The Morgan fingerprint density at radius 1 is 1.40 bits per heavy atom. The number of carbonyl (C=O) groups excluding carboxylic acids is 1. The molecule has 2 N–H and O–H groups in total. The molecule has 0 aliphatic heterocycles. The van der Waals surface area contributed by atoms with Crippen LogP contribution in [0.5, 0.6) is 0 Å². The van der Waals surface area contributed by atoms with Gasteiger partial charge in [-0.15, -0.1) is 0 Å². The molecule has 0 aromatic carbocycles. The van der Waals surface area contributed by atoms with Crippen LogP contribution in [0.2, 0.25) is 0 Å². The summed E-state index contributed by atoms with van der Waals surface area (Å²) >= 11 is 0. The Morgan fingerprint density at radius 2 is 1.80 bits per heavy atom. The lowest BCUT2D eigenvalue weighted by Crippen LogP contribution is -2.48. The fraction of sp³-hybridized carbons (Fsp3) is 0.667. The van der Waals surface area contributed by atoms with Crippen LogP contribution in [0.3, 0.4) is 0 Å². The minimum Gasteiger partial charge on any atom is -0.480 e. The normalized spacial score (nSPS) is 10.7. The van der Waals surface area contributed by atoms with Crippen LogP contribution in [0.15, 0.2) is 0 Å². The minimum atomic E-state index is -1.16. The van der Waals surface area contributed by atoms with Crippen molar-refractivity contribution in [1.29, 1.82) is 0 Å². The summed E-state index contributed by atoms with van der Waals surface area (Å²) < 4.78 is 0. The van der Waals surface area contributed by atoms with E-state index in [4.69, 9.17) is 5.11 Å². The van der Waals surface area contributed by atoms with Crippen molar-refractivity contribution in [1.82, 2.24) is 5.32 Å². The topological polar surface area (TPSA) is 66.4 Å². The van der Waals surface area contributed by atoms with Gasteiger partial charge in [0.25, 0.3) is 0 Å². The highest BCUT2D eigenvalue weighted by atomic mass is 16.4. The Hall–Kier alpha value is -1.06. The van der Waals surface area contributed by atoms with Gasteiger partial charge in [0.2, 0.25) is 5.91 Å². The van der Waals surface area contributed by atoms with Crippen LogP contribution in [0, 0.1) is 0 Å². The summed E-state index contributed by atoms with van der Waals surface area (Å²) in [6.45, 7) is 4.14. The Labute approximate surface area is 59.2 Å². The predicted octanol–water partition coefficient (Wildman–Crippen LogP) is -0.0143. The van der Waals surface area contributed by atoms with Crippen molar-refractivity contribution in [3.8, 4) is 0 Å². The SMILES string of the molecule is CC(=O)NC(C)(C)C(=O)O. The van der Waals surface area contributed by atoms with Gasteiger partial charge in [-0.05, 0) is 13.8 Å². The maximum atomic E-state index is 10.4. The molecule has 1 amide bonds. The Kier molecular flexibility index (Phi) is 2.40. The van der Waals surface area contributed by atoms with E-state index in [2.05, 4.69) is 5.32 Å². The minimum absolute atomic E-state index is 0.340. The van der Waals surface area contributed by atoms with Crippen molar-refractivity contribution in [2.45, 2.75) is 26.3 Å². The molecule has 0 bridgehead atoms. The highest BCUT2D eigenvalue weighted by molar-refractivity contribution is 5.85. The molecule has 0 fully saturated rings. The first-order valence-electron chi connectivity index (χ1n) is 2.88. The van der Waals surface area contributed by atoms with E-state index in [-0.39, 0.29) is 5.91 Å². The van der Waals surface area contributed by atoms with Crippen LogP contribution in [0.1, 0.15) is 20.8 Å². The van der Waals surface area contributed by atoms with Gasteiger partial charge in [0, 0.05) is 6.92 Å². The smallest absolute Gasteiger partial charge is 0.328 e. The quantitative estimate of drug-likeness (QED) is 0.574. The fourth-order valence-corrected chi connectivity index (χ4v) is 0.494. The van der Waals surface area contributed by atoms with Crippen molar-refractivity contribution < 1.29 is 14.7 Å². The van der Waals surface area contributed by atoms with Crippen LogP contribution in [0.4, 0.5) is 0 Å². The first-order valence-corrected chi connectivity index (χ1v) is 2.88. The van der Waals surface area contributed by atoms with Gasteiger partial charge in [-0.3, -0.25) is 4.79 Å². The summed E-state index contributed by atoms with van der Waals surface area (Å²) in [5.74, 6) is -1.38. The number of rotatable bonds is 2. The van der Waals surface area contributed by atoms with Crippen LogP contribution < -0.4 is 5.32 Å². The third kappa shape index (κ3) is 2.48. The highest BCUT2D eigenvalue weighted by Gasteiger charge is 2.27. The van der Waals surface area contributed by atoms with Crippen LogP contribution in [-0.2, 0) is 9.59 Å². The lowest BCUT2D eigenvalue weighted by molar-refractivity contribution is -0.145. The molecule has 0 spiro atoms. The third-order valence-corrected chi connectivity index (χ3v) is 1.02. The number of aliphatic carboxylic acids is 1. The molecule has 0 rings (SSSR count). The van der Waals surface area contributed by atoms with Gasteiger partial charge in [0.05, 0.1) is 0 Å². The molecule has 0 heterocycles. The second-order valence-electron chi connectivity index (χ2n) is 2.61. The second-order valence-corrected chi connectivity index (χ2v) is 2.61. The molecule has 4 nitrogen and oxygen atoms in total. The van der Waals surface area contributed by atoms with Crippen molar-refractivity contribution in [3.05, 3.63) is 0 Å². The maximum Gasteiger partial charge on any atom is 0.328 e. The van der Waals surface area contributed by atoms with Gasteiger partial charge >= 0.3 is 5.97 Å². The van der Waals surface area contributed by atoms with Gasteiger partial charge in [0.15, 0.2) is 0 Å². The zero-order valence-corrected chi connectivity index (χ0v) is 6.26. The van der Waals surface area contributed by atoms with E-state index >= 15 is 0 Å². The van der Waals surface area contributed by atoms with Gasteiger partial charge < -0.3 is 10.4 Å². The van der Waals surface area contributed by atoms with E-state index in [1.54, 1.807) is 0 Å². The summed E-state index contributed by atoms with van der Waals surface area (Å²) in [5.41, 5.74) is -1.16. The van der Waals surface area contributed by atoms with Gasteiger partial charge in [0.1, 0.15) is 5.54 Å². The maximum absolute atomic E-state index is 10.4. The molecule has 0 aromatic heterocycles. The first kappa shape index (κ1) is 8.94. The second kappa shape index (κ2) is 2.68. The number of carboxylic acids is 1. The average molecular weight is 145 g/mol. The molecule has 0 saturated heterocycles. The highest BCUT2D eigenvalue weighted by Crippen LogP contribution is 2.00. The van der Waals surface area contributed by atoms with E-state index in [1.165, 1.54) is 20.8 Å². The Balaban J connectivity index is 4.13. The van der Waals surface area contributed by atoms with Gasteiger partial charge in [-0.2, -0.15) is 0 Å². The average Bonchev–Trinajstić information content (AvgIpc) is 1.60. The van der Waals surface area contributed by atoms with E-state index < -0.39 is 11.5 Å². The molecule has 58 valence electrons. The van der Waals surface area contributed by atoms with Crippen molar-refractivity contribution in [2.24, 2.45) is 0 Å². The zero-order chi connectivity index (χ0) is 8.36. The summed E-state index contributed by atoms with van der Waals surface area (Å²) in [4.78, 5) is 20.7. The van der Waals surface area contributed by atoms with Crippen LogP contribution in [0.25, 0.3) is 0 Å². The summed E-state index contributed by atoms with van der Waals surface area (Å²) in [5, 5.41) is 10.8. The number of carbonyl (C=O) groups is 2. The standard InChI is InChI=1S/C6H11NO3/c1-4(8)7-6(2,3)5(9)10/h1-3H3,(H,7,8)(H,9,10). The molecule has 0 aliphatic rings. The molecule has 0 aliphatic carbocycles. The van der Waals surface area contributed by atoms with Gasteiger partial charge in [-0.1, -0.05) is 0 Å². The predicted molar refractivity (Wildman–Crippen MR) is 35.5 cm³/mol. The third-order valence-electron chi connectivity index (χ3n) is 1.02. The summed E-state index contributed by atoms with van der Waals surface area (Å²) in [7, 11) is 0. The molecule has 4 heteroatoms. The zero-order valence-electron chi connectivity index (χ0n) is 6.26. The molecule has 0 saturated carbocycles. The first-order chi connectivity index (χ1) is 4.36. The molecular weight excluding hydrogens is 134 g/mol. The number of nitrogens with one attached hydrogen (secondary N) is 1. The number of hydrogen-bond acceptors (Lipinski definition) is 2.